The molecule has 1 atom stereocenters. The number of aryl methyl sites for hydroxylation is 1. The lowest BCUT2D eigenvalue weighted by Crippen LogP contribution is -2.40. The Bertz CT molecular complexity index is 1120. The smallest absolute Gasteiger partial charge is 0.261 e. The second-order valence-corrected chi connectivity index (χ2v) is 9.10. The second-order valence-electron chi connectivity index (χ2n) is 8.15. The van der Waals surface area contributed by atoms with Gasteiger partial charge in [0.15, 0.2) is 5.16 Å². The van der Waals surface area contributed by atoms with Crippen LogP contribution in [0, 0.1) is 12.8 Å². The van der Waals surface area contributed by atoms with Gasteiger partial charge in [0, 0.05) is 19.6 Å². The maximum Gasteiger partial charge on any atom is 0.261 e. The molecule has 2 aromatic carbocycles. The van der Waals surface area contributed by atoms with Crippen molar-refractivity contribution in [2.75, 3.05) is 5.75 Å². The lowest BCUT2D eigenvalue weighted by molar-refractivity contribution is -0.131. The SMILES string of the molecule is Cc1ccc2nc(SCC(=O)N(Cc3ccccc3)C(C)C3CC3)n(C)c(=O)c2c1. The second kappa shape index (κ2) is 8.64. The molecule has 3 aromatic rings. The summed E-state index contributed by atoms with van der Waals surface area (Å²) in [6, 6.07) is 16.0. The third kappa shape index (κ3) is 4.43. The van der Waals surface area contributed by atoms with E-state index in [1.165, 1.54) is 24.6 Å². The Labute approximate surface area is 181 Å². The minimum atomic E-state index is -0.0776. The number of carbonyl (C=O) groups is 1. The van der Waals surface area contributed by atoms with Crippen LogP contribution in [0.15, 0.2) is 58.5 Å². The highest BCUT2D eigenvalue weighted by Gasteiger charge is 2.34. The van der Waals surface area contributed by atoms with Crippen LogP contribution < -0.4 is 5.56 Å². The predicted molar refractivity (Wildman–Crippen MR) is 122 cm³/mol. The summed E-state index contributed by atoms with van der Waals surface area (Å²) in [7, 11) is 1.72. The minimum Gasteiger partial charge on any atom is -0.335 e. The number of rotatable bonds is 7. The average molecular weight is 422 g/mol. The largest absolute Gasteiger partial charge is 0.335 e. The summed E-state index contributed by atoms with van der Waals surface area (Å²) in [5.41, 5.74) is 2.76. The van der Waals surface area contributed by atoms with Crippen LogP contribution in [0.4, 0.5) is 0 Å². The first-order chi connectivity index (χ1) is 14.4. The molecule has 156 valence electrons. The number of nitrogens with zero attached hydrogens (tertiary/aromatic N) is 3. The van der Waals surface area contributed by atoms with Crippen LogP contribution in [-0.4, -0.2) is 32.2 Å². The van der Waals surface area contributed by atoms with Gasteiger partial charge in [0.05, 0.1) is 16.7 Å². The number of hydrogen-bond acceptors (Lipinski definition) is 4. The van der Waals surface area contributed by atoms with Crippen molar-refractivity contribution in [3.8, 4) is 0 Å². The number of thioether (sulfide) groups is 1. The van der Waals surface area contributed by atoms with Gasteiger partial charge in [0.1, 0.15) is 0 Å². The van der Waals surface area contributed by atoms with Gasteiger partial charge in [-0.05, 0) is 50.3 Å². The molecular formula is C24H27N3O2S. The number of hydrogen-bond donors (Lipinski definition) is 0. The van der Waals surface area contributed by atoms with Crippen molar-refractivity contribution in [1.29, 1.82) is 0 Å². The fourth-order valence-corrected chi connectivity index (χ4v) is 4.63. The molecular weight excluding hydrogens is 394 g/mol. The van der Waals surface area contributed by atoms with E-state index in [4.69, 9.17) is 0 Å². The quantitative estimate of drug-likeness (QED) is 0.425. The van der Waals surface area contributed by atoms with Gasteiger partial charge in [-0.2, -0.15) is 0 Å². The number of benzene rings is 2. The molecule has 1 saturated carbocycles. The third-order valence-corrected chi connectivity index (χ3v) is 6.84. The zero-order chi connectivity index (χ0) is 21.3. The molecule has 0 N–H and O–H groups in total. The highest BCUT2D eigenvalue weighted by atomic mass is 32.2. The molecule has 1 fully saturated rings. The zero-order valence-corrected chi connectivity index (χ0v) is 18.5. The normalized spacial score (nSPS) is 14.6. The first-order valence-electron chi connectivity index (χ1n) is 10.4. The van der Waals surface area contributed by atoms with Crippen LogP contribution in [0.5, 0.6) is 0 Å². The van der Waals surface area contributed by atoms with Gasteiger partial charge in [0.25, 0.3) is 5.56 Å². The van der Waals surface area contributed by atoms with Crippen LogP contribution >= 0.6 is 11.8 Å². The van der Waals surface area contributed by atoms with E-state index in [-0.39, 0.29) is 23.3 Å². The molecule has 0 aliphatic heterocycles. The van der Waals surface area contributed by atoms with E-state index in [0.717, 1.165) is 11.1 Å². The van der Waals surface area contributed by atoms with E-state index >= 15 is 0 Å². The van der Waals surface area contributed by atoms with Crippen molar-refractivity contribution in [3.05, 3.63) is 70.0 Å². The number of carbonyl (C=O) groups excluding carboxylic acids is 1. The van der Waals surface area contributed by atoms with E-state index in [0.29, 0.717) is 28.5 Å². The van der Waals surface area contributed by atoms with Crippen molar-refractivity contribution in [3.63, 3.8) is 0 Å². The van der Waals surface area contributed by atoms with E-state index in [9.17, 15) is 9.59 Å². The van der Waals surface area contributed by atoms with Crippen molar-refractivity contribution in [2.24, 2.45) is 13.0 Å². The Morgan fingerprint density at radius 1 is 1.23 bits per heavy atom. The predicted octanol–water partition coefficient (Wildman–Crippen LogP) is 4.16. The molecule has 1 aromatic heterocycles. The zero-order valence-electron chi connectivity index (χ0n) is 17.7. The minimum absolute atomic E-state index is 0.0776. The van der Waals surface area contributed by atoms with Gasteiger partial charge in [-0.25, -0.2) is 4.98 Å². The topological polar surface area (TPSA) is 55.2 Å². The molecule has 1 heterocycles. The van der Waals surface area contributed by atoms with Crippen LogP contribution in [0.25, 0.3) is 10.9 Å². The summed E-state index contributed by atoms with van der Waals surface area (Å²) in [5, 5.41) is 1.18. The lowest BCUT2D eigenvalue weighted by Gasteiger charge is -2.29. The van der Waals surface area contributed by atoms with Crippen LogP contribution in [0.3, 0.4) is 0 Å². The summed E-state index contributed by atoms with van der Waals surface area (Å²) in [6.07, 6.45) is 2.38. The van der Waals surface area contributed by atoms with Gasteiger partial charge in [0.2, 0.25) is 5.91 Å². The lowest BCUT2D eigenvalue weighted by atomic mass is 10.1. The van der Waals surface area contributed by atoms with E-state index in [1.54, 1.807) is 11.6 Å². The van der Waals surface area contributed by atoms with Crippen molar-refractivity contribution in [2.45, 2.75) is 44.4 Å². The summed E-state index contributed by atoms with van der Waals surface area (Å²) >= 11 is 1.34. The monoisotopic (exact) mass is 421 g/mol. The van der Waals surface area contributed by atoms with Gasteiger partial charge in [-0.15, -0.1) is 0 Å². The van der Waals surface area contributed by atoms with Gasteiger partial charge >= 0.3 is 0 Å². The van der Waals surface area contributed by atoms with Crippen LogP contribution in [0.2, 0.25) is 0 Å². The Morgan fingerprint density at radius 3 is 2.67 bits per heavy atom. The summed E-state index contributed by atoms with van der Waals surface area (Å²) in [4.78, 5) is 32.6. The molecule has 1 unspecified atom stereocenters. The van der Waals surface area contributed by atoms with E-state index in [2.05, 4.69) is 24.0 Å². The van der Waals surface area contributed by atoms with Crippen molar-refractivity contribution in [1.82, 2.24) is 14.5 Å². The molecule has 0 bridgehead atoms. The summed E-state index contributed by atoms with van der Waals surface area (Å²) < 4.78 is 1.55. The highest BCUT2D eigenvalue weighted by molar-refractivity contribution is 7.99. The molecule has 1 amide bonds. The average Bonchev–Trinajstić information content (AvgIpc) is 3.59. The van der Waals surface area contributed by atoms with E-state index < -0.39 is 0 Å². The Balaban J connectivity index is 1.53. The van der Waals surface area contributed by atoms with Gasteiger partial charge in [-0.3, -0.25) is 14.2 Å². The van der Waals surface area contributed by atoms with Crippen LogP contribution in [-0.2, 0) is 18.4 Å². The molecule has 5 nitrogen and oxygen atoms in total. The standard InChI is InChI=1S/C24H27N3O2S/c1-16-9-12-21-20(13-16)23(29)26(3)24(25-21)30-15-22(28)27(17(2)19-10-11-19)14-18-7-5-4-6-8-18/h4-9,12-13,17,19H,10-11,14-15H2,1-3H3. The Morgan fingerprint density at radius 2 is 1.97 bits per heavy atom. The van der Waals surface area contributed by atoms with Crippen LogP contribution in [0.1, 0.15) is 30.9 Å². The molecule has 1 aliphatic rings. The van der Waals surface area contributed by atoms with Crippen molar-refractivity contribution < 1.29 is 4.79 Å². The van der Waals surface area contributed by atoms with Gasteiger partial charge < -0.3 is 4.90 Å². The molecule has 0 spiro atoms. The first kappa shape index (κ1) is 20.7. The van der Waals surface area contributed by atoms with Gasteiger partial charge in [-0.1, -0.05) is 53.7 Å². The summed E-state index contributed by atoms with van der Waals surface area (Å²) in [6.45, 7) is 4.72. The Kier molecular flexibility index (Phi) is 5.95. The highest BCUT2D eigenvalue weighted by Crippen LogP contribution is 2.36. The fourth-order valence-electron chi connectivity index (χ4n) is 3.78. The maximum atomic E-state index is 13.2. The van der Waals surface area contributed by atoms with Crippen molar-refractivity contribution >= 4 is 28.6 Å². The molecule has 1 aliphatic carbocycles. The number of fused-ring (bicyclic) bond motifs is 1. The summed E-state index contributed by atoms with van der Waals surface area (Å²) in [5.74, 6) is 0.942. The molecule has 0 radical (unpaired) electrons. The molecule has 30 heavy (non-hydrogen) atoms. The fraction of sp³-hybridized carbons (Fsp3) is 0.375. The first-order valence-corrected chi connectivity index (χ1v) is 11.4. The number of aromatic nitrogens is 2. The molecule has 6 heteroatoms. The third-order valence-electron chi connectivity index (χ3n) is 5.83. The van der Waals surface area contributed by atoms with E-state index in [1.807, 2.05) is 48.2 Å². The Hall–Kier alpha value is -2.60. The molecule has 0 saturated heterocycles. The maximum absolute atomic E-state index is 13.2. The number of amides is 1. The molecule has 4 rings (SSSR count).